The predicted molar refractivity (Wildman–Crippen MR) is 51.9 cm³/mol. The number of benzene rings is 1. The summed E-state index contributed by atoms with van der Waals surface area (Å²) >= 11 is 0. The Labute approximate surface area is 99.6 Å². The molecule has 0 aliphatic carbocycles. The summed E-state index contributed by atoms with van der Waals surface area (Å²) in [6.45, 7) is -0.459. The molecule has 0 amide bonds. The molecule has 0 aliphatic heterocycles. The van der Waals surface area contributed by atoms with Gasteiger partial charge < -0.3 is 4.74 Å². The lowest BCUT2D eigenvalue weighted by Crippen LogP contribution is -2.10. The molecule has 1 rings (SSSR count). The van der Waals surface area contributed by atoms with Crippen LogP contribution in [0.5, 0.6) is 5.75 Å². The van der Waals surface area contributed by atoms with Crippen molar-refractivity contribution in [3.05, 3.63) is 29.3 Å². The first-order chi connectivity index (χ1) is 8.33. The Balaban J connectivity index is 2.61. The molecular weight excluding hydrogens is 257 g/mol. The Morgan fingerprint density at radius 2 is 1.72 bits per heavy atom. The maximum Gasteiger partial charge on any atom is 0.389 e. The van der Waals surface area contributed by atoms with Crippen molar-refractivity contribution in [2.75, 3.05) is 6.61 Å². The van der Waals surface area contributed by atoms with E-state index in [4.69, 9.17) is 5.26 Å². The average molecular weight is 265 g/mol. The Kier molecular flexibility index (Phi) is 4.48. The summed E-state index contributed by atoms with van der Waals surface area (Å²) in [4.78, 5) is 0. The smallest absolute Gasteiger partial charge is 0.389 e. The number of nitrogens with zero attached hydrogens (tertiary/aromatic N) is 1. The minimum atomic E-state index is -4.33. The van der Waals surface area contributed by atoms with Crippen LogP contribution >= 0.6 is 0 Å². The molecule has 0 saturated heterocycles. The molecule has 18 heavy (non-hydrogen) atoms. The summed E-state index contributed by atoms with van der Waals surface area (Å²) in [5, 5.41) is 8.43. The summed E-state index contributed by atoms with van der Waals surface area (Å²) < 4.78 is 66.4. The fourth-order valence-corrected chi connectivity index (χ4v) is 1.21. The number of hydrogen-bond donors (Lipinski definition) is 0. The van der Waals surface area contributed by atoms with Gasteiger partial charge in [-0.3, -0.25) is 0 Å². The predicted octanol–water partition coefficient (Wildman–Crippen LogP) is 3.56. The Morgan fingerprint density at radius 3 is 2.17 bits per heavy atom. The second-order valence-corrected chi connectivity index (χ2v) is 3.45. The highest BCUT2D eigenvalue weighted by Gasteiger charge is 2.26. The van der Waals surface area contributed by atoms with Crippen LogP contribution in [0.3, 0.4) is 0 Å². The number of hydrogen-bond acceptors (Lipinski definition) is 2. The maximum absolute atomic E-state index is 13.2. The maximum atomic E-state index is 13.2. The molecule has 0 fully saturated rings. The van der Waals surface area contributed by atoms with Gasteiger partial charge >= 0.3 is 6.18 Å². The zero-order chi connectivity index (χ0) is 13.8. The van der Waals surface area contributed by atoms with Gasteiger partial charge in [0.2, 0.25) is 0 Å². The van der Waals surface area contributed by atoms with E-state index in [0.717, 1.165) is 12.1 Å². The Bertz CT molecular complexity index is 440. The molecule has 0 heterocycles. The fraction of sp³-hybridized carbons (Fsp3) is 0.364. The monoisotopic (exact) mass is 265 g/mol. The molecule has 0 aromatic heterocycles. The number of rotatable bonds is 4. The fourth-order valence-electron chi connectivity index (χ4n) is 1.21. The summed E-state index contributed by atoms with van der Waals surface area (Å²) in [5.41, 5.74) is -0.229. The summed E-state index contributed by atoms with van der Waals surface area (Å²) in [5.74, 6) is -2.99. The van der Waals surface area contributed by atoms with Crippen LogP contribution in [-0.4, -0.2) is 12.8 Å². The van der Waals surface area contributed by atoms with E-state index in [9.17, 15) is 22.0 Å². The molecule has 0 radical (unpaired) electrons. The third-order valence-corrected chi connectivity index (χ3v) is 1.98. The highest BCUT2D eigenvalue weighted by Crippen LogP contribution is 2.25. The first-order valence-corrected chi connectivity index (χ1v) is 4.92. The van der Waals surface area contributed by atoms with Gasteiger partial charge in [-0.2, -0.15) is 18.4 Å². The number of alkyl halides is 3. The van der Waals surface area contributed by atoms with Crippen molar-refractivity contribution in [3.63, 3.8) is 0 Å². The van der Waals surface area contributed by atoms with Gasteiger partial charge in [-0.1, -0.05) is 0 Å². The number of ether oxygens (including phenoxy) is 1. The molecule has 0 saturated carbocycles. The van der Waals surface area contributed by atoms with Gasteiger partial charge in [0.1, 0.15) is 0 Å². The molecule has 98 valence electrons. The first-order valence-electron chi connectivity index (χ1n) is 4.92. The van der Waals surface area contributed by atoms with Gasteiger partial charge in [-0.25, -0.2) is 8.78 Å². The second kappa shape index (κ2) is 5.67. The van der Waals surface area contributed by atoms with Gasteiger partial charge in [0.05, 0.1) is 18.2 Å². The van der Waals surface area contributed by atoms with E-state index >= 15 is 0 Å². The average Bonchev–Trinajstić information content (AvgIpc) is 2.25. The van der Waals surface area contributed by atoms with Gasteiger partial charge in [-0.15, -0.1) is 0 Å². The van der Waals surface area contributed by atoms with Gasteiger partial charge in [0, 0.05) is 6.42 Å². The van der Waals surface area contributed by atoms with Crippen LogP contribution < -0.4 is 4.74 Å². The third kappa shape index (κ3) is 4.20. The van der Waals surface area contributed by atoms with E-state index in [-0.39, 0.29) is 5.56 Å². The van der Waals surface area contributed by atoms with Crippen molar-refractivity contribution < 1.29 is 26.7 Å². The van der Waals surface area contributed by atoms with Crippen molar-refractivity contribution in [3.8, 4) is 11.8 Å². The lowest BCUT2D eigenvalue weighted by Gasteiger charge is -2.09. The van der Waals surface area contributed by atoms with E-state index in [0.29, 0.717) is 0 Å². The molecule has 0 aliphatic rings. The quantitative estimate of drug-likeness (QED) is 0.616. The normalized spacial score (nSPS) is 11.1. The standard InChI is InChI=1S/C11H8F5NO/c12-8-4-7(6-17)5-9(13)10(8)18-3-1-2-11(14,15)16/h4-5H,1-3H2. The van der Waals surface area contributed by atoms with E-state index in [1.165, 1.54) is 6.07 Å². The van der Waals surface area contributed by atoms with Crippen LogP contribution in [0.1, 0.15) is 18.4 Å². The Morgan fingerprint density at radius 1 is 1.17 bits per heavy atom. The van der Waals surface area contributed by atoms with E-state index in [1.54, 1.807) is 0 Å². The van der Waals surface area contributed by atoms with Gasteiger partial charge in [-0.05, 0) is 18.6 Å². The number of halogens is 5. The lowest BCUT2D eigenvalue weighted by molar-refractivity contribution is -0.136. The van der Waals surface area contributed by atoms with Crippen LogP contribution in [0.15, 0.2) is 12.1 Å². The van der Waals surface area contributed by atoms with Crippen molar-refractivity contribution >= 4 is 0 Å². The molecule has 1 aromatic carbocycles. The van der Waals surface area contributed by atoms with Crippen LogP contribution in [-0.2, 0) is 0 Å². The largest absolute Gasteiger partial charge is 0.488 e. The van der Waals surface area contributed by atoms with Crippen molar-refractivity contribution in [2.24, 2.45) is 0 Å². The zero-order valence-corrected chi connectivity index (χ0v) is 9.02. The van der Waals surface area contributed by atoms with E-state index in [1.807, 2.05) is 0 Å². The molecule has 7 heteroatoms. The highest BCUT2D eigenvalue weighted by molar-refractivity contribution is 5.37. The molecular formula is C11H8F5NO. The van der Waals surface area contributed by atoms with E-state index < -0.39 is 43.0 Å². The highest BCUT2D eigenvalue weighted by atomic mass is 19.4. The molecule has 0 unspecified atom stereocenters. The molecule has 0 bridgehead atoms. The van der Waals surface area contributed by atoms with Gasteiger partial charge in [0.25, 0.3) is 0 Å². The van der Waals surface area contributed by atoms with Crippen LogP contribution in [0.25, 0.3) is 0 Å². The molecule has 1 aromatic rings. The second-order valence-electron chi connectivity index (χ2n) is 3.45. The molecule has 0 spiro atoms. The SMILES string of the molecule is N#Cc1cc(F)c(OCCCC(F)(F)F)c(F)c1. The summed E-state index contributed by atoms with van der Waals surface area (Å²) in [7, 11) is 0. The Hall–Kier alpha value is -1.84. The number of nitriles is 1. The topological polar surface area (TPSA) is 33.0 Å². The summed E-state index contributed by atoms with van der Waals surface area (Å²) in [6.07, 6.45) is -5.82. The molecule has 0 atom stereocenters. The van der Waals surface area contributed by atoms with Gasteiger partial charge in [0.15, 0.2) is 17.4 Å². The minimum absolute atomic E-state index is 0.229. The summed E-state index contributed by atoms with van der Waals surface area (Å²) in [6, 6.07) is 3.04. The van der Waals surface area contributed by atoms with Crippen molar-refractivity contribution in [1.29, 1.82) is 5.26 Å². The third-order valence-electron chi connectivity index (χ3n) is 1.98. The van der Waals surface area contributed by atoms with Crippen molar-refractivity contribution in [2.45, 2.75) is 19.0 Å². The lowest BCUT2D eigenvalue weighted by atomic mass is 10.2. The van der Waals surface area contributed by atoms with Crippen LogP contribution in [0.2, 0.25) is 0 Å². The zero-order valence-electron chi connectivity index (χ0n) is 9.02. The first kappa shape index (κ1) is 14.2. The van der Waals surface area contributed by atoms with E-state index in [2.05, 4.69) is 4.74 Å². The van der Waals surface area contributed by atoms with Crippen LogP contribution in [0.4, 0.5) is 22.0 Å². The molecule has 2 nitrogen and oxygen atoms in total. The molecule has 0 N–H and O–H groups in total. The van der Waals surface area contributed by atoms with Crippen LogP contribution in [0, 0.1) is 23.0 Å². The van der Waals surface area contributed by atoms with Crippen molar-refractivity contribution in [1.82, 2.24) is 0 Å². The minimum Gasteiger partial charge on any atom is -0.488 e.